The third-order valence-electron chi connectivity index (χ3n) is 4.50. The lowest BCUT2D eigenvalue weighted by Gasteiger charge is -2.42. The molecule has 1 fully saturated rings. The molecule has 0 radical (unpaired) electrons. The SMILES string of the molecule is CN(C)S(=O)(=O)c1ccc(CN2CCC(N)C(C)(C)C2)cc1.Cl. The predicted octanol–water partition coefficient (Wildman–Crippen LogP) is 1.92. The van der Waals surface area contributed by atoms with E-state index in [2.05, 4.69) is 18.7 Å². The van der Waals surface area contributed by atoms with Crippen LogP contribution in [-0.2, 0) is 16.6 Å². The molecule has 7 heteroatoms. The van der Waals surface area contributed by atoms with Crippen LogP contribution < -0.4 is 5.73 Å². The van der Waals surface area contributed by atoms with Crippen molar-refractivity contribution in [1.29, 1.82) is 0 Å². The van der Waals surface area contributed by atoms with Crippen molar-refractivity contribution in [3.8, 4) is 0 Å². The molecule has 1 atom stereocenters. The molecule has 1 heterocycles. The van der Waals surface area contributed by atoms with E-state index in [0.717, 1.165) is 31.6 Å². The van der Waals surface area contributed by atoms with Gasteiger partial charge in [0.15, 0.2) is 0 Å². The highest BCUT2D eigenvalue weighted by molar-refractivity contribution is 7.89. The molecule has 0 amide bonds. The predicted molar refractivity (Wildman–Crippen MR) is 96.2 cm³/mol. The molecule has 0 saturated carbocycles. The van der Waals surface area contributed by atoms with E-state index in [4.69, 9.17) is 5.73 Å². The Labute approximate surface area is 146 Å². The molecule has 1 saturated heterocycles. The van der Waals surface area contributed by atoms with Crippen molar-refractivity contribution >= 4 is 22.4 Å². The molecule has 0 spiro atoms. The number of hydrogen-bond acceptors (Lipinski definition) is 4. The summed E-state index contributed by atoms with van der Waals surface area (Å²) in [5, 5.41) is 0. The van der Waals surface area contributed by atoms with Gasteiger partial charge in [-0.25, -0.2) is 12.7 Å². The quantitative estimate of drug-likeness (QED) is 0.889. The van der Waals surface area contributed by atoms with Crippen molar-refractivity contribution in [2.75, 3.05) is 27.2 Å². The maximum Gasteiger partial charge on any atom is 0.242 e. The first-order valence-corrected chi connectivity index (χ1v) is 9.06. The third kappa shape index (κ3) is 4.67. The zero-order valence-corrected chi connectivity index (χ0v) is 16.0. The molecule has 132 valence electrons. The van der Waals surface area contributed by atoms with Gasteiger partial charge >= 0.3 is 0 Å². The standard InChI is InChI=1S/C16H27N3O2S.ClH/c1-16(2)12-19(10-9-15(16)17)11-13-5-7-14(8-6-13)22(20,21)18(3)4;/h5-8,15H,9-12,17H2,1-4H3;1H. The van der Waals surface area contributed by atoms with E-state index in [1.54, 1.807) is 26.2 Å². The van der Waals surface area contributed by atoms with E-state index < -0.39 is 10.0 Å². The number of sulfonamides is 1. The normalized spacial score (nSPS) is 21.9. The topological polar surface area (TPSA) is 66.6 Å². The smallest absolute Gasteiger partial charge is 0.242 e. The van der Waals surface area contributed by atoms with E-state index in [1.807, 2.05) is 12.1 Å². The van der Waals surface area contributed by atoms with Gasteiger partial charge in [0, 0.05) is 39.8 Å². The molecule has 1 aliphatic rings. The first-order valence-electron chi connectivity index (χ1n) is 7.62. The van der Waals surface area contributed by atoms with Crippen molar-refractivity contribution in [2.45, 2.75) is 37.8 Å². The zero-order chi connectivity index (χ0) is 16.5. The third-order valence-corrected chi connectivity index (χ3v) is 6.33. The van der Waals surface area contributed by atoms with Crippen LogP contribution in [0, 0.1) is 5.41 Å². The molecular formula is C16H28ClN3O2S. The Hall–Kier alpha value is -0.660. The number of likely N-dealkylation sites (tertiary alicyclic amines) is 1. The van der Waals surface area contributed by atoms with Crippen LogP contribution >= 0.6 is 12.4 Å². The van der Waals surface area contributed by atoms with E-state index in [9.17, 15) is 8.42 Å². The second-order valence-electron chi connectivity index (χ2n) is 7.03. The lowest BCUT2D eigenvalue weighted by atomic mass is 9.79. The molecule has 0 aliphatic carbocycles. The summed E-state index contributed by atoms with van der Waals surface area (Å²) < 4.78 is 25.3. The molecule has 2 rings (SSSR count). The summed E-state index contributed by atoms with van der Waals surface area (Å²) in [7, 11) is -0.262. The summed E-state index contributed by atoms with van der Waals surface area (Å²) in [5.74, 6) is 0. The van der Waals surface area contributed by atoms with Crippen molar-refractivity contribution in [3.05, 3.63) is 29.8 Å². The van der Waals surface area contributed by atoms with Gasteiger partial charge in [-0.1, -0.05) is 26.0 Å². The van der Waals surface area contributed by atoms with Crippen molar-refractivity contribution in [1.82, 2.24) is 9.21 Å². The number of nitrogens with two attached hydrogens (primary N) is 1. The summed E-state index contributed by atoms with van der Waals surface area (Å²) >= 11 is 0. The summed E-state index contributed by atoms with van der Waals surface area (Å²) in [6, 6.07) is 7.42. The molecule has 23 heavy (non-hydrogen) atoms. The Balaban J connectivity index is 0.00000264. The van der Waals surface area contributed by atoms with Crippen LogP contribution in [0.15, 0.2) is 29.2 Å². The van der Waals surface area contributed by atoms with E-state index >= 15 is 0 Å². The Bertz CT molecular complexity index is 615. The molecule has 0 aromatic heterocycles. The average Bonchev–Trinajstić information content (AvgIpc) is 2.43. The number of nitrogens with zero attached hydrogens (tertiary/aromatic N) is 2. The average molecular weight is 362 g/mol. The van der Waals surface area contributed by atoms with Crippen LogP contribution in [-0.4, -0.2) is 50.8 Å². The number of halogens is 1. The molecule has 1 aromatic carbocycles. The highest BCUT2D eigenvalue weighted by Gasteiger charge is 2.33. The second-order valence-corrected chi connectivity index (χ2v) is 9.18. The van der Waals surface area contributed by atoms with Crippen LogP contribution in [0.1, 0.15) is 25.8 Å². The van der Waals surface area contributed by atoms with Gasteiger partial charge in [0.25, 0.3) is 0 Å². The van der Waals surface area contributed by atoms with Gasteiger partial charge in [-0.3, -0.25) is 4.90 Å². The molecule has 0 bridgehead atoms. The van der Waals surface area contributed by atoms with Gasteiger partial charge in [0.1, 0.15) is 0 Å². The van der Waals surface area contributed by atoms with Gasteiger partial charge in [-0.05, 0) is 29.5 Å². The number of piperidine rings is 1. The Kier molecular flexibility index (Phi) is 6.64. The monoisotopic (exact) mass is 361 g/mol. The summed E-state index contributed by atoms with van der Waals surface area (Å²) in [4.78, 5) is 2.72. The fourth-order valence-electron chi connectivity index (χ4n) is 2.86. The molecule has 5 nitrogen and oxygen atoms in total. The Morgan fingerprint density at radius 1 is 1.26 bits per heavy atom. The molecule has 2 N–H and O–H groups in total. The van der Waals surface area contributed by atoms with Crippen molar-refractivity contribution in [3.63, 3.8) is 0 Å². The van der Waals surface area contributed by atoms with Crippen LogP contribution in [0.3, 0.4) is 0 Å². The minimum Gasteiger partial charge on any atom is -0.327 e. The number of rotatable bonds is 4. The van der Waals surface area contributed by atoms with Gasteiger partial charge in [-0.2, -0.15) is 0 Å². The van der Waals surface area contributed by atoms with Crippen LogP contribution in [0.4, 0.5) is 0 Å². The molecule has 1 aromatic rings. The fourth-order valence-corrected chi connectivity index (χ4v) is 3.76. The summed E-state index contributed by atoms with van der Waals surface area (Å²) in [6.07, 6.45) is 1.00. The summed E-state index contributed by atoms with van der Waals surface area (Å²) in [5.41, 5.74) is 7.41. The lowest BCUT2D eigenvalue weighted by molar-refractivity contribution is 0.0899. The Morgan fingerprint density at radius 3 is 2.30 bits per heavy atom. The largest absolute Gasteiger partial charge is 0.327 e. The number of benzene rings is 1. The van der Waals surface area contributed by atoms with Crippen molar-refractivity contribution < 1.29 is 8.42 Å². The van der Waals surface area contributed by atoms with E-state index in [0.29, 0.717) is 4.90 Å². The van der Waals surface area contributed by atoms with E-state index in [-0.39, 0.29) is 23.9 Å². The van der Waals surface area contributed by atoms with Gasteiger partial charge in [0.05, 0.1) is 4.90 Å². The summed E-state index contributed by atoms with van der Waals surface area (Å²) in [6.45, 7) is 7.19. The first-order chi connectivity index (χ1) is 10.1. The highest BCUT2D eigenvalue weighted by atomic mass is 35.5. The maximum absolute atomic E-state index is 12.1. The van der Waals surface area contributed by atoms with Gasteiger partial charge in [0.2, 0.25) is 10.0 Å². The fraction of sp³-hybridized carbons (Fsp3) is 0.625. The second kappa shape index (κ2) is 7.49. The maximum atomic E-state index is 12.1. The Morgan fingerprint density at radius 2 is 1.83 bits per heavy atom. The van der Waals surface area contributed by atoms with Crippen LogP contribution in [0.25, 0.3) is 0 Å². The minimum absolute atomic E-state index is 0. The van der Waals surface area contributed by atoms with Gasteiger partial charge < -0.3 is 5.73 Å². The van der Waals surface area contributed by atoms with Crippen LogP contribution in [0.2, 0.25) is 0 Å². The first kappa shape index (κ1) is 20.4. The molecule has 1 aliphatic heterocycles. The number of hydrogen-bond donors (Lipinski definition) is 1. The minimum atomic E-state index is -3.35. The highest BCUT2D eigenvalue weighted by Crippen LogP contribution is 2.28. The molecular weight excluding hydrogens is 334 g/mol. The zero-order valence-electron chi connectivity index (χ0n) is 14.3. The van der Waals surface area contributed by atoms with Crippen LogP contribution in [0.5, 0.6) is 0 Å². The van der Waals surface area contributed by atoms with E-state index in [1.165, 1.54) is 4.31 Å². The van der Waals surface area contributed by atoms with Gasteiger partial charge in [-0.15, -0.1) is 12.4 Å². The lowest BCUT2D eigenvalue weighted by Crippen LogP contribution is -2.52. The van der Waals surface area contributed by atoms with Crippen molar-refractivity contribution in [2.24, 2.45) is 11.1 Å². The molecule has 1 unspecified atom stereocenters.